The summed E-state index contributed by atoms with van der Waals surface area (Å²) in [5.41, 5.74) is 5.50. The van der Waals surface area contributed by atoms with E-state index in [1.54, 1.807) is 24.3 Å². The minimum Gasteiger partial charge on any atom is -0.496 e. The lowest BCUT2D eigenvalue weighted by Gasteiger charge is -2.10. The molecular formula is C15H14F2N2O2. The van der Waals surface area contributed by atoms with Gasteiger partial charge >= 0.3 is 0 Å². The van der Waals surface area contributed by atoms with Gasteiger partial charge in [0, 0.05) is 18.2 Å². The highest BCUT2D eigenvalue weighted by atomic mass is 19.1. The van der Waals surface area contributed by atoms with E-state index in [9.17, 15) is 13.6 Å². The Morgan fingerprint density at radius 3 is 2.67 bits per heavy atom. The molecule has 0 aromatic heterocycles. The molecule has 2 aromatic carbocycles. The number of hydrogen-bond donors (Lipinski definition) is 2. The molecule has 2 aromatic rings. The minimum atomic E-state index is -0.959. The van der Waals surface area contributed by atoms with Gasteiger partial charge in [-0.05, 0) is 12.1 Å². The van der Waals surface area contributed by atoms with Gasteiger partial charge in [0.2, 0.25) is 0 Å². The Morgan fingerprint density at radius 1 is 1.24 bits per heavy atom. The minimum absolute atomic E-state index is 0.152. The number of methoxy groups -OCH3 is 1. The number of para-hydroxylation sites is 1. The lowest BCUT2D eigenvalue weighted by molar-refractivity contribution is 0.0946. The largest absolute Gasteiger partial charge is 0.496 e. The van der Waals surface area contributed by atoms with Gasteiger partial charge in [0.25, 0.3) is 5.91 Å². The van der Waals surface area contributed by atoms with E-state index < -0.39 is 17.5 Å². The summed E-state index contributed by atoms with van der Waals surface area (Å²) < 4.78 is 31.8. The highest BCUT2D eigenvalue weighted by Crippen LogP contribution is 2.19. The molecule has 2 rings (SSSR count). The van der Waals surface area contributed by atoms with Crippen molar-refractivity contribution >= 4 is 11.6 Å². The van der Waals surface area contributed by atoms with Crippen molar-refractivity contribution < 1.29 is 18.3 Å². The Balaban J connectivity index is 2.14. The van der Waals surface area contributed by atoms with Crippen LogP contribution < -0.4 is 15.8 Å². The number of rotatable bonds is 4. The smallest absolute Gasteiger partial charge is 0.254 e. The third-order valence-electron chi connectivity index (χ3n) is 2.96. The third-order valence-corrected chi connectivity index (χ3v) is 2.96. The second-order valence-electron chi connectivity index (χ2n) is 4.35. The molecular weight excluding hydrogens is 278 g/mol. The molecule has 0 atom stereocenters. The van der Waals surface area contributed by atoms with E-state index >= 15 is 0 Å². The maximum absolute atomic E-state index is 13.6. The van der Waals surface area contributed by atoms with Crippen LogP contribution in [0.25, 0.3) is 0 Å². The number of anilines is 1. The van der Waals surface area contributed by atoms with Crippen molar-refractivity contribution in [2.24, 2.45) is 0 Å². The number of hydrogen-bond acceptors (Lipinski definition) is 3. The molecule has 0 radical (unpaired) electrons. The van der Waals surface area contributed by atoms with Crippen LogP contribution in [0.4, 0.5) is 14.5 Å². The van der Waals surface area contributed by atoms with Crippen LogP contribution >= 0.6 is 0 Å². The average molecular weight is 292 g/mol. The van der Waals surface area contributed by atoms with Gasteiger partial charge in [0.05, 0.1) is 18.4 Å². The predicted molar refractivity (Wildman–Crippen MR) is 74.9 cm³/mol. The number of nitrogens with one attached hydrogen (secondary N) is 1. The van der Waals surface area contributed by atoms with Crippen molar-refractivity contribution in [3.63, 3.8) is 0 Å². The van der Waals surface area contributed by atoms with Crippen molar-refractivity contribution in [3.8, 4) is 5.75 Å². The third kappa shape index (κ3) is 3.28. The van der Waals surface area contributed by atoms with Crippen LogP contribution in [0.2, 0.25) is 0 Å². The van der Waals surface area contributed by atoms with E-state index in [-0.39, 0.29) is 17.8 Å². The van der Waals surface area contributed by atoms with Crippen LogP contribution in [0, 0.1) is 11.6 Å². The standard InChI is InChI=1S/C15H14F2N2O2/c1-21-14-5-3-2-4-9(14)8-19-15(20)10-6-13(18)12(17)7-11(10)16/h2-7H,8,18H2,1H3,(H,19,20). The highest BCUT2D eigenvalue weighted by molar-refractivity contribution is 5.95. The maximum atomic E-state index is 13.6. The molecule has 0 saturated carbocycles. The molecule has 3 N–H and O–H groups in total. The lowest BCUT2D eigenvalue weighted by atomic mass is 10.1. The highest BCUT2D eigenvalue weighted by Gasteiger charge is 2.15. The zero-order valence-corrected chi connectivity index (χ0v) is 11.3. The molecule has 6 heteroatoms. The number of halogens is 2. The number of ether oxygens (including phenoxy) is 1. The van der Waals surface area contributed by atoms with Crippen LogP contribution in [0.3, 0.4) is 0 Å². The Hall–Kier alpha value is -2.63. The molecule has 4 nitrogen and oxygen atoms in total. The fourth-order valence-electron chi connectivity index (χ4n) is 1.86. The maximum Gasteiger partial charge on any atom is 0.254 e. The normalized spacial score (nSPS) is 10.2. The molecule has 0 aliphatic rings. The second kappa shape index (κ2) is 6.21. The number of carbonyl (C=O) groups excluding carboxylic acids is 1. The topological polar surface area (TPSA) is 64.3 Å². The van der Waals surface area contributed by atoms with Crippen LogP contribution in [-0.4, -0.2) is 13.0 Å². The Bertz CT molecular complexity index is 675. The van der Waals surface area contributed by atoms with Crippen molar-refractivity contribution in [1.82, 2.24) is 5.32 Å². The van der Waals surface area contributed by atoms with Gasteiger partial charge in [-0.3, -0.25) is 4.79 Å². The van der Waals surface area contributed by atoms with Crippen LogP contribution in [0.1, 0.15) is 15.9 Å². The molecule has 0 aliphatic heterocycles. The van der Waals surface area contributed by atoms with E-state index in [4.69, 9.17) is 10.5 Å². The van der Waals surface area contributed by atoms with Gasteiger partial charge in [-0.2, -0.15) is 0 Å². The Kier molecular flexibility index (Phi) is 4.37. The van der Waals surface area contributed by atoms with Gasteiger partial charge in [-0.25, -0.2) is 8.78 Å². The number of nitrogens with two attached hydrogens (primary N) is 1. The molecule has 110 valence electrons. The summed E-state index contributed by atoms with van der Waals surface area (Å²) >= 11 is 0. The summed E-state index contributed by atoms with van der Waals surface area (Å²) in [7, 11) is 1.51. The van der Waals surface area contributed by atoms with Gasteiger partial charge in [-0.1, -0.05) is 18.2 Å². The number of amides is 1. The molecule has 0 unspecified atom stereocenters. The Morgan fingerprint density at radius 2 is 1.95 bits per heavy atom. The zero-order valence-electron chi connectivity index (χ0n) is 11.3. The number of carbonyl (C=O) groups is 1. The van der Waals surface area contributed by atoms with Crippen LogP contribution in [0.15, 0.2) is 36.4 Å². The van der Waals surface area contributed by atoms with Crippen molar-refractivity contribution in [2.75, 3.05) is 12.8 Å². The molecule has 1 amide bonds. The summed E-state index contributed by atoms with van der Waals surface area (Å²) in [6.07, 6.45) is 0. The lowest BCUT2D eigenvalue weighted by Crippen LogP contribution is -2.24. The SMILES string of the molecule is COc1ccccc1CNC(=O)c1cc(N)c(F)cc1F. The summed E-state index contributed by atoms with van der Waals surface area (Å²) in [5.74, 6) is -1.92. The fraction of sp³-hybridized carbons (Fsp3) is 0.133. The first kappa shape index (κ1) is 14.8. The summed E-state index contributed by atoms with van der Waals surface area (Å²) in [6, 6.07) is 8.67. The first-order valence-electron chi connectivity index (χ1n) is 6.17. The second-order valence-corrected chi connectivity index (χ2v) is 4.35. The van der Waals surface area contributed by atoms with E-state index in [0.29, 0.717) is 11.8 Å². The van der Waals surface area contributed by atoms with Crippen molar-refractivity contribution in [1.29, 1.82) is 0 Å². The Labute approximate surface area is 120 Å². The molecule has 0 aliphatic carbocycles. The van der Waals surface area contributed by atoms with Gasteiger partial charge in [0.15, 0.2) is 0 Å². The fourth-order valence-corrected chi connectivity index (χ4v) is 1.86. The first-order chi connectivity index (χ1) is 10.0. The predicted octanol–water partition coefficient (Wildman–Crippen LogP) is 2.49. The van der Waals surface area contributed by atoms with Crippen LogP contribution in [-0.2, 0) is 6.54 Å². The van der Waals surface area contributed by atoms with E-state index in [0.717, 1.165) is 11.6 Å². The van der Waals surface area contributed by atoms with Crippen LogP contribution in [0.5, 0.6) is 5.75 Å². The van der Waals surface area contributed by atoms with Gasteiger partial charge < -0.3 is 15.8 Å². The summed E-state index contributed by atoms with van der Waals surface area (Å²) in [4.78, 5) is 11.9. The van der Waals surface area contributed by atoms with Gasteiger partial charge in [0.1, 0.15) is 17.4 Å². The van der Waals surface area contributed by atoms with Gasteiger partial charge in [-0.15, -0.1) is 0 Å². The quantitative estimate of drug-likeness (QED) is 0.851. The monoisotopic (exact) mass is 292 g/mol. The number of benzene rings is 2. The van der Waals surface area contributed by atoms with E-state index in [1.165, 1.54) is 7.11 Å². The van der Waals surface area contributed by atoms with E-state index in [1.807, 2.05) is 0 Å². The van der Waals surface area contributed by atoms with Crippen molar-refractivity contribution in [3.05, 3.63) is 59.2 Å². The molecule has 0 heterocycles. The molecule has 0 saturated heterocycles. The summed E-state index contributed by atoms with van der Waals surface area (Å²) in [5, 5.41) is 2.54. The number of nitrogen functional groups attached to an aromatic ring is 1. The van der Waals surface area contributed by atoms with E-state index in [2.05, 4.69) is 5.32 Å². The molecule has 0 fully saturated rings. The van der Waals surface area contributed by atoms with Crippen molar-refractivity contribution in [2.45, 2.75) is 6.54 Å². The first-order valence-corrected chi connectivity index (χ1v) is 6.17. The summed E-state index contributed by atoms with van der Waals surface area (Å²) in [6.45, 7) is 0.152. The molecule has 21 heavy (non-hydrogen) atoms. The zero-order chi connectivity index (χ0) is 15.4. The average Bonchev–Trinajstić information content (AvgIpc) is 2.48. The molecule has 0 spiro atoms. The molecule has 0 bridgehead atoms.